The van der Waals surface area contributed by atoms with Crippen molar-refractivity contribution in [2.75, 3.05) is 0 Å². The van der Waals surface area contributed by atoms with Gasteiger partial charge in [0.2, 0.25) is 0 Å². The minimum atomic E-state index is 1.03. The predicted octanol–water partition coefficient (Wildman–Crippen LogP) is 8.76. The molecule has 36 heavy (non-hydrogen) atoms. The zero-order valence-corrected chi connectivity index (χ0v) is 20.0. The van der Waals surface area contributed by atoms with Crippen molar-refractivity contribution in [3.8, 4) is 16.8 Å². The molecule has 4 heteroatoms. The van der Waals surface area contributed by atoms with Crippen molar-refractivity contribution in [2.45, 2.75) is 0 Å². The molecule has 0 bridgehead atoms. The zero-order valence-electron chi connectivity index (χ0n) is 19.2. The molecule has 0 saturated carbocycles. The lowest BCUT2D eigenvalue weighted by atomic mass is 10.0. The van der Waals surface area contributed by atoms with Gasteiger partial charge in [0.05, 0.1) is 16.6 Å². The number of hydrogen-bond acceptors (Lipinski definition) is 3. The van der Waals surface area contributed by atoms with Crippen molar-refractivity contribution in [3.63, 3.8) is 0 Å². The maximum absolute atomic E-state index is 4.80. The van der Waals surface area contributed by atoms with E-state index in [4.69, 9.17) is 4.98 Å². The molecule has 0 aliphatic rings. The van der Waals surface area contributed by atoms with Crippen LogP contribution in [0.15, 0.2) is 116 Å². The van der Waals surface area contributed by atoms with Gasteiger partial charge in [0, 0.05) is 60.8 Å². The Morgan fingerprint density at radius 2 is 1.47 bits per heavy atom. The second-order valence-electron chi connectivity index (χ2n) is 9.09. The normalized spacial score (nSPS) is 11.9. The van der Waals surface area contributed by atoms with Crippen molar-refractivity contribution < 1.29 is 0 Å². The van der Waals surface area contributed by atoms with Gasteiger partial charge in [0.15, 0.2) is 0 Å². The fraction of sp³-hybridized carbons (Fsp3) is 0. The van der Waals surface area contributed by atoms with Gasteiger partial charge in [-0.25, -0.2) is 0 Å². The van der Waals surface area contributed by atoms with Crippen LogP contribution in [-0.2, 0) is 0 Å². The van der Waals surface area contributed by atoms with Crippen LogP contribution in [0.3, 0.4) is 0 Å². The predicted molar refractivity (Wildman–Crippen MR) is 152 cm³/mol. The first-order chi connectivity index (χ1) is 17.9. The van der Waals surface area contributed by atoms with E-state index >= 15 is 0 Å². The summed E-state index contributed by atoms with van der Waals surface area (Å²) in [4.78, 5) is 9.29. The highest BCUT2D eigenvalue weighted by molar-refractivity contribution is 7.26. The van der Waals surface area contributed by atoms with Gasteiger partial charge in [-0.05, 0) is 53.4 Å². The van der Waals surface area contributed by atoms with Crippen molar-refractivity contribution in [3.05, 3.63) is 116 Å². The summed E-state index contributed by atoms with van der Waals surface area (Å²) in [6.07, 6.45) is 5.77. The zero-order chi connectivity index (χ0) is 23.6. The largest absolute Gasteiger partial charge is 0.307 e. The van der Waals surface area contributed by atoms with Crippen molar-refractivity contribution in [1.82, 2.24) is 14.5 Å². The van der Waals surface area contributed by atoms with E-state index in [-0.39, 0.29) is 0 Å². The molecule has 8 rings (SSSR count). The lowest BCUT2D eigenvalue weighted by Crippen LogP contribution is -1.94. The van der Waals surface area contributed by atoms with Gasteiger partial charge in [-0.3, -0.25) is 9.97 Å². The highest BCUT2D eigenvalue weighted by Crippen LogP contribution is 2.42. The number of benzene rings is 4. The molecule has 0 radical (unpaired) electrons. The van der Waals surface area contributed by atoms with Crippen molar-refractivity contribution >= 4 is 64.2 Å². The molecular formula is C32H19N3S. The van der Waals surface area contributed by atoms with E-state index in [9.17, 15) is 0 Å². The van der Waals surface area contributed by atoms with Gasteiger partial charge in [-0.1, -0.05) is 54.6 Å². The highest BCUT2D eigenvalue weighted by Gasteiger charge is 2.18. The summed E-state index contributed by atoms with van der Waals surface area (Å²) in [5.74, 6) is 0. The van der Waals surface area contributed by atoms with Gasteiger partial charge in [0.1, 0.15) is 0 Å². The van der Waals surface area contributed by atoms with Crippen LogP contribution in [0.1, 0.15) is 0 Å². The van der Waals surface area contributed by atoms with Crippen LogP contribution in [0.5, 0.6) is 0 Å². The van der Waals surface area contributed by atoms with Crippen molar-refractivity contribution in [1.29, 1.82) is 0 Å². The van der Waals surface area contributed by atoms with Crippen LogP contribution in [-0.4, -0.2) is 14.5 Å². The minimum Gasteiger partial charge on any atom is -0.307 e. The fourth-order valence-electron chi connectivity index (χ4n) is 5.53. The Kier molecular flexibility index (Phi) is 4.10. The average Bonchev–Trinajstić information content (AvgIpc) is 3.48. The molecule has 0 spiro atoms. The summed E-state index contributed by atoms with van der Waals surface area (Å²) in [6.45, 7) is 0. The number of nitrogens with zero attached hydrogens (tertiary/aromatic N) is 3. The molecule has 4 aromatic carbocycles. The molecule has 8 aromatic rings. The number of fused-ring (bicyclic) bond motifs is 8. The van der Waals surface area contributed by atoms with E-state index in [2.05, 4.69) is 101 Å². The summed E-state index contributed by atoms with van der Waals surface area (Å²) in [6, 6.07) is 34.6. The molecule has 0 unspecified atom stereocenters. The smallest absolute Gasteiger partial charge is 0.0963 e. The van der Waals surface area contributed by atoms with Crippen LogP contribution in [0.2, 0.25) is 0 Å². The monoisotopic (exact) mass is 477 g/mol. The third-order valence-electron chi connectivity index (χ3n) is 7.13. The Hall–Kier alpha value is -4.54. The van der Waals surface area contributed by atoms with Crippen LogP contribution >= 0.6 is 11.3 Å². The maximum Gasteiger partial charge on any atom is 0.0963 e. The third-order valence-corrected chi connectivity index (χ3v) is 8.26. The molecule has 168 valence electrons. The second-order valence-corrected chi connectivity index (χ2v) is 10.2. The minimum absolute atomic E-state index is 1.03. The number of thiophene rings is 1. The van der Waals surface area contributed by atoms with Crippen LogP contribution in [0.4, 0.5) is 0 Å². The first kappa shape index (κ1) is 19.7. The van der Waals surface area contributed by atoms with E-state index in [1.807, 2.05) is 36.0 Å². The van der Waals surface area contributed by atoms with Crippen LogP contribution < -0.4 is 0 Å². The van der Waals surface area contributed by atoms with Crippen molar-refractivity contribution in [2.24, 2.45) is 0 Å². The Morgan fingerprint density at radius 1 is 0.639 bits per heavy atom. The molecule has 4 heterocycles. The molecular weight excluding hydrogens is 458 g/mol. The quantitative estimate of drug-likeness (QED) is 0.249. The molecule has 0 N–H and O–H groups in total. The molecule has 0 amide bonds. The molecule has 0 atom stereocenters. The summed E-state index contributed by atoms with van der Waals surface area (Å²) in [7, 11) is 0. The molecule has 0 fully saturated rings. The first-order valence-corrected chi connectivity index (χ1v) is 12.8. The van der Waals surface area contributed by atoms with E-state index in [0.29, 0.717) is 0 Å². The Balaban J connectivity index is 1.43. The fourth-order valence-corrected chi connectivity index (χ4v) is 6.64. The highest BCUT2D eigenvalue weighted by atomic mass is 32.1. The van der Waals surface area contributed by atoms with Gasteiger partial charge in [0.25, 0.3) is 0 Å². The van der Waals surface area contributed by atoms with E-state index in [0.717, 1.165) is 33.2 Å². The third kappa shape index (κ3) is 2.73. The first-order valence-electron chi connectivity index (χ1n) is 12.0. The van der Waals surface area contributed by atoms with Gasteiger partial charge in [-0.2, -0.15) is 0 Å². The van der Waals surface area contributed by atoms with Crippen LogP contribution in [0.25, 0.3) is 69.7 Å². The Labute approximate surface area is 210 Å². The molecule has 0 aliphatic heterocycles. The Bertz CT molecular complexity index is 2090. The molecule has 3 nitrogen and oxygen atoms in total. The summed E-state index contributed by atoms with van der Waals surface area (Å²) < 4.78 is 4.99. The standard InChI is InChI=1S/C32H19N3S/c1-2-7-23-21(6-1)18-33-19-26(23)20-11-13-22(14-12-20)35-27-9-5-17-34-31(27)25-15-16-29-30(32(25)35)24-8-3-4-10-28(24)36-29/h1-19H. The summed E-state index contributed by atoms with van der Waals surface area (Å²) in [5.41, 5.74) is 6.81. The number of pyridine rings is 2. The topological polar surface area (TPSA) is 30.7 Å². The van der Waals surface area contributed by atoms with Gasteiger partial charge in [-0.15, -0.1) is 11.3 Å². The second kappa shape index (κ2) is 7.48. The lowest BCUT2D eigenvalue weighted by molar-refractivity contribution is 1.18. The molecule has 0 aliphatic carbocycles. The lowest BCUT2D eigenvalue weighted by Gasteiger charge is -2.11. The average molecular weight is 478 g/mol. The summed E-state index contributed by atoms with van der Waals surface area (Å²) in [5, 5.41) is 6.15. The van der Waals surface area contributed by atoms with Gasteiger partial charge < -0.3 is 4.57 Å². The van der Waals surface area contributed by atoms with E-state index < -0.39 is 0 Å². The summed E-state index contributed by atoms with van der Waals surface area (Å²) >= 11 is 1.85. The number of aromatic nitrogens is 3. The van der Waals surface area contributed by atoms with E-state index in [1.165, 1.54) is 36.5 Å². The number of rotatable bonds is 2. The van der Waals surface area contributed by atoms with E-state index in [1.54, 1.807) is 0 Å². The SMILES string of the molecule is c1ccc2c(-c3ccc(-n4c5cccnc5c5ccc6sc7ccccc7c6c54)cc3)cncc2c1. The Morgan fingerprint density at radius 3 is 2.39 bits per heavy atom. The maximum atomic E-state index is 4.80. The molecule has 0 saturated heterocycles. The van der Waals surface area contributed by atoms with Gasteiger partial charge >= 0.3 is 0 Å². The number of hydrogen-bond donors (Lipinski definition) is 0. The van der Waals surface area contributed by atoms with Crippen LogP contribution in [0, 0.1) is 0 Å². The molecule has 4 aromatic heterocycles.